The van der Waals surface area contributed by atoms with Crippen molar-refractivity contribution in [3.05, 3.63) is 57.7 Å². The van der Waals surface area contributed by atoms with Crippen LogP contribution in [0.2, 0.25) is 10.0 Å². The molecule has 2 aromatic rings. The molecule has 1 fully saturated rings. The molecule has 1 saturated heterocycles. The highest BCUT2D eigenvalue weighted by atomic mass is 35.5. The van der Waals surface area contributed by atoms with Gasteiger partial charge in [0, 0.05) is 37.4 Å². The predicted octanol–water partition coefficient (Wildman–Crippen LogP) is 3.16. The second kappa shape index (κ2) is 7.83. The minimum absolute atomic E-state index is 0.174. The lowest BCUT2D eigenvalue weighted by Crippen LogP contribution is -2.44. The van der Waals surface area contributed by atoms with Crippen LogP contribution in [0.3, 0.4) is 0 Å². The number of benzene rings is 1. The molecule has 1 aromatic heterocycles. The lowest BCUT2D eigenvalue weighted by molar-refractivity contribution is 0.0472. The van der Waals surface area contributed by atoms with E-state index < -0.39 is 5.97 Å². The quantitative estimate of drug-likeness (QED) is 0.843. The summed E-state index contributed by atoms with van der Waals surface area (Å²) in [5.41, 5.74) is 1.21. The maximum atomic E-state index is 12.2. The molecule has 0 unspecified atom stereocenters. The highest BCUT2D eigenvalue weighted by Crippen LogP contribution is 2.24. The van der Waals surface area contributed by atoms with Gasteiger partial charge in [-0.3, -0.25) is 0 Å². The van der Waals surface area contributed by atoms with E-state index in [9.17, 15) is 4.79 Å². The molecule has 7 heteroatoms. The largest absolute Gasteiger partial charge is 0.457 e. The normalized spacial score (nSPS) is 14.5. The van der Waals surface area contributed by atoms with Crippen LogP contribution in [0.25, 0.3) is 0 Å². The zero-order valence-electron chi connectivity index (χ0n) is 13.0. The molecule has 0 saturated carbocycles. The highest BCUT2D eigenvalue weighted by molar-refractivity contribution is 6.33. The molecule has 0 aliphatic carbocycles. The first-order valence-electron chi connectivity index (χ1n) is 7.66. The van der Waals surface area contributed by atoms with Crippen molar-refractivity contribution in [3.63, 3.8) is 0 Å². The van der Waals surface area contributed by atoms with Gasteiger partial charge in [0.15, 0.2) is 0 Å². The minimum atomic E-state index is -0.453. The third kappa shape index (κ3) is 4.17. The Morgan fingerprint density at radius 2 is 1.92 bits per heavy atom. The number of ether oxygens (including phenoxy) is 1. The number of anilines is 1. The van der Waals surface area contributed by atoms with Crippen LogP contribution in [0, 0.1) is 0 Å². The number of nitrogens with one attached hydrogen (secondary N) is 1. The summed E-state index contributed by atoms with van der Waals surface area (Å²) in [7, 11) is 0. The van der Waals surface area contributed by atoms with Gasteiger partial charge in [-0.1, -0.05) is 35.3 Å². The first-order valence-corrected chi connectivity index (χ1v) is 8.42. The molecule has 5 nitrogen and oxygen atoms in total. The van der Waals surface area contributed by atoms with E-state index >= 15 is 0 Å². The number of carbonyl (C=O) groups excluding carboxylic acids is 1. The molecule has 126 valence electrons. The van der Waals surface area contributed by atoms with Crippen molar-refractivity contribution in [1.82, 2.24) is 10.3 Å². The zero-order valence-corrected chi connectivity index (χ0v) is 14.5. The molecule has 0 spiro atoms. The van der Waals surface area contributed by atoms with Crippen molar-refractivity contribution < 1.29 is 9.53 Å². The first kappa shape index (κ1) is 17.0. The Morgan fingerprint density at radius 1 is 1.21 bits per heavy atom. The third-order valence-corrected chi connectivity index (χ3v) is 4.29. The molecule has 1 aliphatic rings. The van der Waals surface area contributed by atoms with E-state index in [0.717, 1.165) is 31.7 Å². The number of carbonyl (C=O) groups is 1. The Kier molecular flexibility index (Phi) is 5.56. The van der Waals surface area contributed by atoms with Gasteiger partial charge in [0.1, 0.15) is 12.4 Å². The van der Waals surface area contributed by atoms with E-state index in [4.69, 9.17) is 27.9 Å². The summed E-state index contributed by atoms with van der Waals surface area (Å²) in [6.45, 7) is 3.64. The smallest absolute Gasteiger partial charge is 0.340 e. The fourth-order valence-electron chi connectivity index (χ4n) is 2.46. The van der Waals surface area contributed by atoms with Crippen molar-refractivity contribution in [2.45, 2.75) is 6.61 Å². The van der Waals surface area contributed by atoms with Gasteiger partial charge >= 0.3 is 5.97 Å². The number of rotatable bonds is 4. The van der Waals surface area contributed by atoms with E-state index in [-0.39, 0.29) is 6.61 Å². The van der Waals surface area contributed by atoms with Gasteiger partial charge in [0.25, 0.3) is 0 Å². The van der Waals surface area contributed by atoms with Gasteiger partial charge < -0.3 is 15.0 Å². The van der Waals surface area contributed by atoms with E-state index in [2.05, 4.69) is 15.2 Å². The number of halogens is 2. The molecule has 1 aliphatic heterocycles. The summed E-state index contributed by atoms with van der Waals surface area (Å²) < 4.78 is 5.29. The lowest BCUT2D eigenvalue weighted by atomic mass is 10.2. The van der Waals surface area contributed by atoms with Crippen LogP contribution >= 0.6 is 23.2 Å². The van der Waals surface area contributed by atoms with Gasteiger partial charge in [-0.25, -0.2) is 9.78 Å². The average molecular weight is 366 g/mol. The zero-order chi connectivity index (χ0) is 16.9. The van der Waals surface area contributed by atoms with Crippen LogP contribution in [0.1, 0.15) is 15.9 Å². The SMILES string of the molecule is O=C(OCc1ccc(Cl)cc1)c1cnc(N2CCNCC2)c(Cl)c1. The Labute approximate surface area is 150 Å². The molecule has 3 rings (SSSR count). The van der Waals surface area contributed by atoms with Crippen molar-refractivity contribution in [3.8, 4) is 0 Å². The highest BCUT2D eigenvalue weighted by Gasteiger charge is 2.17. The van der Waals surface area contributed by atoms with Crippen molar-refractivity contribution in [1.29, 1.82) is 0 Å². The van der Waals surface area contributed by atoms with Crippen LogP contribution in [0.4, 0.5) is 5.82 Å². The molecule has 0 radical (unpaired) electrons. The van der Waals surface area contributed by atoms with Crippen LogP contribution in [-0.4, -0.2) is 37.1 Å². The van der Waals surface area contributed by atoms with Crippen LogP contribution in [0.5, 0.6) is 0 Å². The Hall–Kier alpha value is -1.82. The molecule has 2 heterocycles. The molecular formula is C17H17Cl2N3O2. The van der Waals surface area contributed by atoms with Gasteiger partial charge in [-0.15, -0.1) is 0 Å². The molecule has 1 N–H and O–H groups in total. The Morgan fingerprint density at radius 3 is 2.58 bits per heavy atom. The summed E-state index contributed by atoms with van der Waals surface area (Å²) in [6, 6.07) is 8.75. The Bertz CT molecular complexity index is 716. The van der Waals surface area contributed by atoms with Crippen LogP contribution in [0.15, 0.2) is 36.5 Å². The summed E-state index contributed by atoms with van der Waals surface area (Å²) in [4.78, 5) is 18.6. The number of pyridine rings is 1. The summed E-state index contributed by atoms with van der Waals surface area (Å²) >= 11 is 12.1. The number of aromatic nitrogens is 1. The summed E-state index contributed by atoms with van der Waals surface area (Å²) in [5, 5.41) is 4.37. The summed E-state index contributed by atoms with van der Waals surface area (Å²) in [6.07, 6.45) is 1.51. The number of hydrogen-bond acceptors (Lipinski definition) is 5. The fourth-order valence-corrected chi connectivity index (χ4v) is 2.88. The number of hydrogen-bond donors (Lipinski definition) is 1. The number of piperazine rings is 1. The maximum Gasteiger partial charge on any atom is 0.340 e. The monoisotopic (exact) mass is 365 g/mol. The molecule has 0 amide bonds. The van der Waals surface area contributed by atoms with E-state index in [1.165, 1.54) is 6.20 Å². The van der Waals surface area contributed by atoms with Gasteiger partial charge in [0.05, 0.1) is 10.6 Å². The van der Waals surface area contributed by atoms with Gasteiger partial charge in [0.2, 0.25) is 0 Å². The third-order valence-electron chi connectivity index (χ3n) is 3.76. The van der Waals surface area contributed by atoms with E-state index in [1.807, 2.05) is 12.1 Å². The number of esters is 1. The van der Waals surface area contributed by atoms with Gasteiger partial charge in [-0.2, -0.15) is 0 Å². The molecule has 0 atom stereocenters. The van der Waals surface area contributed by atoms with Crippen LogP contribution < -0.4 is 10.2 Å². The minimum Gasteiger partial charge on any atom is -0.457 e. The molecule has 0 bridgehead atoms. The molecule has 24 heavy (non-hydrogen) atoms. The first-order chi connectivity index (χ1) is 11.6. The number of nitrogens with zero attached hydrogens (tertiary/aromatic N) is 2. The van der Waals surface area contributed by atoms with E-state index in [1.54, 1.807) is 18.2 Å². The standard InChI is InChI=1S/C17H17Cl2N3O2/c18-14-3-1-12(2-4-14)11-24-17(23)13-9-15(19)16(21-10-13)22-7-5-20-6-8-22/h1-4,9-10,20H,5-8,11H2. The predicted molar refractivity (Wildman–Crippen MR) is 94.9 cm³/mol. The average Bonchev–Trinajstić information content (AvgIpc) is 2.61. The topological polar surface area (TPSA) is 54.5 Å². The maximum absolute atomic E-state index is 12.2. The van der Waals surface area contributed by atoms with Crippen molar-refractivity contribution >= 4 is 35.0 Å². The summed E-state index contributed by atoms with van der Waals surface area (Å²) in [5.74, 6) is 0.249. The molecule has 1 aromatic carbocycles. The van der Waals surface area contributed by atoms with Crippen molar-refractivity contribution in [2.24, 2.45) is 0 Å². The second-order valence-electron chi connectivity index (χ2n) is 5.47. The van der Waals surface area contributed by atoms with Crippen molar-refractivity contribution in [2.75, 3.05) is 31.1 Å². The van der Waals surface area contributed by atoms with E-state index in [0.29, 0.717) is 21.4 Å². The lowest BCUT2D eigenvalue weighted by Gasteiger charge is -2.29. The second-order valence-corrected chi connectivity index (χ2v) is 6.31. The van der Waals surface area contributed by atoms with Crippen LogP contribution in [-0.2, 0) is 11.3 Å². The van der Waals surface area contributed by atoms with Gasteiger partial charge in [-0.05, 0) is 23.8 Å². The Balaban J connectivity index is 1.64. The fraction of sp³-hybridized carbons (Fsp3) is 0.294. The molecular weight excluding hydrogens is 349 g/mol.